The number of nitrogens with zero attached hydrogens (tertiary/aromatic N) is 1. The van der Waals surface area contributed by atoms with Gasteiger partial charge in [-0.05, 0) is 44.8 Å². The van der Waals surface area contributed by atoms with Gasteiger partial charge in [0, 0.05) is 19.0 Å². The van der Waals surface area contributed by atoms with E-state index in [-0.39, 0.29) is 5.91 Å². The smallest absolute Gasteiger partial charge is 0.217 e. The highest BCUT2D eigenvalue weighted by Gasteiger charge is 2.27. The number of carbonyl (C=O) groups excluding carboxylic acids is 1. The predicted molar refractivity (Wildman–Crippen MR) is 59.4 cm³/mol. The van der Waals surface area contributed by atoms with Gasteiger partial charge < -0.3 is 11.1 Å². The Kier molecular flexibility index (Phi) is 3.59. The van der Waals surface area contributed by atoms with Crippen LogP contribution >= 0.6 is 0 Å². The number of piperidine rings is 1. The zero-order valence-corrected chi connectivity index (χ0v) is 9.24. The van der Waals surface area contributed by atoms with E-state index in [1.54, 1.807) is 0 Å². The van der Waals surface area contributed by atoms with E-state index >= 15 is 0 Å². The second-order valence-electron chi connectivity index (χ2n) is 4.80. The Morgan fingerprint density at radius 2 is 2.07 bits per heavy atom. The molecule has 1 unspecified atom stereocenters. The van der Waals surface area contributed by atoms with Crippen molar-refractivity contribution in [2.24, 2.45) is 11.7 Å². The zero-order valence-electron chi connectivity index (χ0n) is 9.24. The molecule has 86 valence electrons. The van der Waals surface area contributed by atoms with Crippen LogP contribution < -0.4 is 11.1 Å². The van der Waals surface area contributed by atoms with Crippen molar-refractivity contribution < 1.29 is 4.79 Å². The van der Waals surface area contributed by atoms with E-state index in [9.17, 15) is 4.79 Å². The first-order valence-corrected chi connectivity index (χ1v) is 5.99. The van der Waals surface area contributed by atoms with Gasteiger partial charge in [-0.2, -0.15) is 0 Å². The summed E-state index contributed by atoms with van der Waals surface area (Å²) in [6.45, 7) is 4.58. The lowest BCUT2D eigenvalue weighted by molar-refractivity contribution is -0.119. The van der Waals surface area contributed by atoms with E-state index in [1.165, 1.54) is 6.42 Å². The molecule has 0 saturated carbocycles. The second kappa shape index (κ2) is 4.94. The third-order valence-electron chi connectivity index (χ3n) is 3.69. The second-order valence-corrected chi connectivity index (χ2v) is 4.80. The van der Waals surface area contributed by atoms with E-state index in [4.69, 9.17) is 5.73 Å². The number of carbonyl (C=O) groups is 1. The summed E-state index contributed by atoms with van der Waals surface area (Å²) in [4.78, 5) is 13.4. The SMILES string of the molecule is NC(=O)CC1CCN(C2CCNC2)CC1. The summed E-state index contributed by atoms with van der Waals surface area (Å²) in [5, 5.41) is 3.40. The quantitative estimate of drug-likeness (QED) is 0.687. The van der Waals surface area contributed by atoms with E-state index in [2.05, 4.69) is 10.2 Å². The van der Waals surface area contributed by atoms with Crippen molar-refractivity contribution in [2.45, 2.75) is 31.7 Å². The molecule has 0 bridgehead atoms. The first-order chi connectivity index (χ1) is 7.25. The average molecular weight is 211 g/mol. The standard InChI is InChI=1S/C11H21N3O/c12-11(15)7-9-2-5-14(6-3-9)10-1-4-13-8-10/h9-10,13H,1-8H2,(H2,12,15). The number of nitrogens with two attached hydrogens (primary N) is 1. The number of likely N-dealkylation sites (tertiary alicyclic amines) is 1. The van der Waals surface area contributed by atoms with Crippen LogP contribution in [0.2, 0.25) is 0 Å². The molecule has 0 aromatic heterocycles. The van der Waals surface area contributed by atoms with Crippen LogP contribution in [0.5, 0.6) is 0 Å². The molecule has 4 nitrogen and oxygen atoms in total. The molecular formula is C11H21N3O. The van der Waals surface area contributed by atoms with Gasteiger partial charge in [0.05, 0.1) is 0 Å². The molecule has 0 radical (unpaired) electrons. The topological polar surface area (TPSA) is 58.4 Å². The first kappa shape index (κ1) is 10.9. The van der Waals surface area contributed by atoms with Gasteiger partial charge in [-0.3, -0.25) is 9.69 Å². The normalized spacial score (nSPS) is 29.5. The number of hydrogen-bond acceptors (Lipinski definition) is 3. The fraction of sp³-hybridized carbons (Fsp3) is 0.909. The van der Waals surface area contributed by atoms with Gasteiger partial charge in [0.25, 0.3) is 0 Å². The number of nitrogens with one attached hydrogen (secondary N) is 1. The van der Waals surface area contributed by atoms with Crippen LogP contribution in [-0.4, -0.2) is 43.0 Å². The van der Waals surface area contributed by atoms with Gasteiger partial charge in [-0.25, -0.2) is 0 Å². The van der Waals surface area contributed by atoms with Gasteiger partial charge in [0.2, 0.25) is 5.91 Å². The van der Waals surface area contributed by atoms with Crippen molar-refractivity contribution in [3.8, 4) is 0 Å². The maximum absolute atomic E-state index is 10.8. The van der Waals surface area contributed by atoms with Gasteiger partial charge in [-0.1, -0.05) is 0 Å². The first-order valence-electron chi connectivity index (χ1n) is 5.99. The number of hydrogen-bond donors (Lipinski definition) is 2. The summed E-state index contributed by atoms with van der Waals surface area (Å²) in [7, 11) is 0. The lowest BCUT2D eigenvalue weighted by Crippen LogP contribution is -2.42. The van der Waals surface area contributed by atoms with Gasteiger partial charge >= 0.3 is 0 Å². The molecule has 4 heteroatoms. The molecule has 2 fully saturated rings. The third-order valence-corrected chi connectivity index (χ3v) is 3.69. The molecule has 2 rings (SSSR count). The van der Waals surface area contributed by atoms with Crippen molar-refractivity contribution in [2.75, 3.05) is 26.2 Å². The number of amides is 1. The van der Waals surface area contributed by atoms with Crippen LogP contribution in [0.15, 0.2) is 0 Å². The van der Waals surface area contributed by atoms with Crippen molar-refractivity contribution in [3.63, 3.8) is 0 Å². The molecule has 15 heavy (non-hydrogen) atoms. The molecule has 0 aliphatic carbocycles. The molecule has 2 heterocycles. The molecular weight excluding hydrogens is 190 g/mol. The average Bonchev–Trinajstić information content (AvgIpc) is 2.71. The number of rotatable bonds is 3. The molecule has 1 amide bonds. The van der Waals surface area contributed by atoms with E-state index in [1.807, 2.05) is 0 Å². The fourth-order valence-corrected chi connectivity index (χ4v) is 2.76. The molecule has 3 N–H and O–H groups in total. The van der Waals surface area contributed by atoms with Crippen LogP contribution in [0.1, 0.15) is 25.7 Å². The van der Waals surface area contributed by atoms with Gasteiger partial charge in [0.15, 0.2) is 0 Å². The minimum absolute atomic E-state index is 0.143. The van der Waals surface area contributed by atoms with E-state index in [0.717, 1.165) is 45.1 Å². The monoisotopic (exact) mass is 211 g/mol. The van der Waals surface area contributed by atoms with Gasteiger partial charge in [-0.15, -0.1) is 0 Å². The van der Waals surface area contributed by atoms with Crippen molar-refractivity contribution >= 4 is 5.91 Å². The van der Waals surface area contributed by atoms with Crippen LogP contribution in [-0.2, 0) is 4.79 Å². The lowest BCUT2D eigenvalue weighted by atomic mass is 9.92. The maximum atomic E-state index is 10.8. The summed E-state index contributed by atoms with van der Waals surface area (Å²) in [6.07, 6.45) is 4.14. The van der Waals surface area contributed by atoms with Crippen molar-refractivity contribution in [3.05, 3.63) is 0 Å². The minimum Gasteiger partial charge on any atom is -0.370 e. The summed E-state index contributed by atoms with van der Waals surface area (Å²) >= 11 is 0. The highest BCUT2D eigenvalue weighted by molar-refractivity contribution is 5.73. The molecule has 0 aromatic carbocycles. The summed E-state index contributed by atoms with van der Waals surface area (Å²) in [5.41, 5.74) is 5.22. The highest BCUT2D eigenvalue weighted by atomic mass is 16.1. The van der Waals surface area contributed by atoms with Crippen LogP contribution in [0, 0.1) is 5.92 Å². The van der Waals surface area contributed by atoms with E-state index < -0.39 is 0 Å². The van der Waals surface area contributed by atoms with Gasteiger partial charge in [0.1, 0.15) is 0 Å². The summed E-state index contributed by atoms with van der Waals surface area (Å²) < 4.78 is 0. The van der Waals surface area contributed by atoms with Crippen molar-refractivity contribution in [1.29, 1.82) is 0 Å². The molecule has 0 aromatic rings. The Labute approximate surface area is 91.2 Å². The molecule has 0 spiro atoms. The highest BCUT2D eigenvalue weighted by Crippen LogP contribution is 2.23. The molecule has 1 atom stereocenters. The Bertz CT molecular complexity index is 218. The molecule has 2 saturated heterocycles. The van der Waals surface area contributed by atoms with Crippen molar-refractivity contribution in [1.82, 2.24) is 10.2 Å². The Morgan fingerprint density at radius 3 is 2.60 bits per heavy atom. The largest absolute Gasteiger partial charge is 0.370 e. The summed E-state index contributed by atoms with van der Waals surface area (Å²) in [6, 6.07) is 0.736. The Balaban J connectivity index is 1.73. The lowest BCUT2D eigenvalue weighted by Gasteiger charge is -2.35. The Hall–Kier alpha value is -0.610. The molecule has 2 aliphatic heterocycles. The minimum atomic E-state index is -0.143. The van der Waals surface area contributed by atoms with Crippen LogP contribution in [0.3, 0.4) is 0 Å². The van der Waals surface area contributed by atoms with E-state index in [0.29, 0.717) is 12.3 Å². The van der Waals surface area contributed by atoms with Crippen LogP contribution in [0.4, 0.5) is 0 Å². The van der Waals surface area contributed by atoms with Crippen LogP contribution in [0.25, 0.3) is 0 Å². The maximum Gasteiger partial charge on any atom is 0.217 e. The predicted octanol–water partition coefficient (Wildman–Crippen LogP) is -0.0643. The third kappa shape index (κ3) is 2.92. The zero-order chi connectivity index (χ0) is 10.7. The molecule has 2 aliphatic rings. The fourth-order valence-electron chi connectivity index (χ4n) is 2.76. The Morgan fingerprint density at radius 1 is 1.33 bits per heavy atom. The summed E-state index contributed by atoms with van der Waals surface area (Å²) in [5.74, 6) is 0.393. The number of primary amides is 1.